The Morgan fingerprint density at radius 1 is 0.522 bits per heavy atom. The molecule has 0 fully saturated rings. The van der Waals surface area contributed by atoms with E-state index in [4.69, 9.17) is 9.47 Å². The van der Waals surface area contributed by atoms with Crippen LogP contribution >= 0.6 is 0 Å². The summed E-state index contributed by atoms with van der Waals surface area (Å²) in [5.41, 5.74) is 4.20. The Morgan fingerprint density at radius 2 is 1.00 bits per heavy atom. The molecule has 1 aliphatic heterocycles. The van der Waals surface area contributed by atoms with Crippen molar-refractivity contribution in [2.45, 2.75) is 32.6 Å². The van der Waals surface area contributed by atoms with E-state index in [1.165, 1.54) is 17.7 Å². The van der Waals surface area contributed by atoms with Crippen molar-refractivity contribution in [3.8, 4) is 34.1 Å². The van der Waals surface area contributed by atoms with Crippen LogP contribution in [0.15, 0.2) is 109 Å². The molecule has 46 heavy (non-hydrogen) atoms. The van der Waals surface area contributed by atoms with Gasteiger partial charge in [0.1, 0.15) is 23.0 Å². The standard InChI is InChI=1S/C39H29NO6/c1-39(2,3)25-6-4-8-29(18-25)45-27-14-10-23(11-15-27)24-12-16-28(17-13-24)46-30-9-5-7-26(19-30)40-37(43)33-20-31-32(21-34(33)38(40)44)36(42)22-35(31)41/h4-21H,22H2,1-3H3. The van der Waals surface area contributed by atoms with E-state index in [-0.39, 0.29) is 45.7 Å². The first-order valence-electron chi connectivity index (χ1n) is 15.0. The quantitative estimate of drug-likeness (QED) is 0.142. The number of hydrogen-bond acceptors (Lipinski definition) is 6. The topological polar surface area (TPSA) is 90.0 Å². The van der Waals surface area contributed by atoms with E-state index in [1.54, 1.807) is 24.3 Å². The molecule has 0 N–H and O–H groups in total. The lowest BCUT2D eigenvalue weighted by Gasteiger charge is -2.19. The van der Waals surface area contributed by atoms with Gasteiger partial charge in [-0.3, -0.25) is 19.2 Å². The Bertz CT molecular complexity index is 2020. The van der Waals surface area contributed by atoms with Gasteiger partial charge in [-0.25, -0.2) is 4.90 Å². The van der Waals surface area contributed by atoms with Crippen molar-refractivity contribution < 1.29 is 28.7 Å². The van der Waals surface area contributed by atoms with Gasteiger partial charge in [-0.2, -0.15) is 0 Å². The first-order valence-corrected chi connectivity index (χ1v) is 15.0. The van der Waals surface area contributed by atoms with Gasteiger partial charge in [0.2, 0.25) is 0 Å². The van der Waals surface area contributed by atoms with E-state index in [2.05, 4.69) is 32.9 Å². The lowest BCUT2D eigenvalue weighted by molar-refractivity contribution is 0.0912. The summed E-state index contributed by atoms with van der Waals surface area (Å²) in [4.78, 5) is 51.9. The predicted octanol–water partition coefficient (Wildman–Crippen LogP) is 8.81. The molecule has 0 aromatic heterocycles. The van der Waals surface area contributed by atoms with Crippen molar-refractivity contribution in [3.05, 3.63) is 137 Å². The van der Waals surface area contributed by atoms with Crippen LogP contribution in [0.2, 0.25) is 0 Å². The Morgan fingerprint density at radius 3 is 1.50 bits per heavy atom. The number of fused-ring (bicyclic) bond motifs is 2. The van der Waals surface area contributed by atoms with Crippen LogP contribution < -0.4 is 14.4 Å². The van der Waals surface area contributed by atoms with E-state index in [0.717, 1.165) is 27.5 Å². The smallest absolute Gasteiger partial charge is 0.266 e. The van der Waals surface area contributed by atoms with Crippen LogP contribution in [-0.4, -0.2) is 23.4 Å². The van der Waals surface area contributed by atoms with Crippen LogP contribution in [0.25, 0.3) is 11.1 Å². The van der Waals surface area contributed by atoms with Gasteiger partial charge in [-0.1, -0.05) is 63.2 Å². The molecule has 2 aliphatic rings. The van der Waals surface area contributed by atoms with Crippen LogP contribution in [0.5, 0.6) is 23.0 Å². The minimum atomic E-state index is -0.550. The van der Waals surface area contributed by atoms with E-state index in [1.807, 2.05) is 60.7 Å². The highest BCUT2D eigenvalue weighted by Crippen LogP contribution is 2.36. The molecule has 7 rings (SSSR count). The summed E-state index contributed by atoms with van der Waals surface area (Å²) >= 11 is 0. The second-order valence-electron chi connectivity index (χ2n) is 12.4. The van der Waals surface area contributed by atoms with Crippen molar-refractivity contribution in [2.24, 2.45) is 0 Å². The lowest BCUT2D eigenvalue weighted by atomic mass is 9.87. The van der Waals surface area contributed by atoms with Crippen LogP contribution in [0.4, 0.5) is 5.69 Å². The maximum Gasteiger partial charge on any atom is 0.266 e. The van der Waals surface area contributed by atoms with E-state index >= 15 is 0 Å². The fourth-order valence-electron chi connectivity index (χ4n) is 5.73. The zero-order valence-corrected chi connectivity index (χ0v) is 25.5. The molecule has 0 saturated carbocycles. The number of hydrogen-bond donors (Lipinski definition) is 0. The highest BCUT2D eigenvalue weighted by molar-refractivity contribution is 6.36. The Hall–Kier alpha value is -5.82. The zero-order chi connectivity index (χ0) is 32.2. The fraction of sp³-hybridized carbons (Fsp3) is 0.128. The molecule has 0 unspecified atom stereocenters. The molecular formula is C39H29NO6. The molecule has 1 heterocycles. The lowest BCUT2D eigenvalue weighted by Crippen LogP contribution is -2.29. The number of nitrogens with zero attached hydrogens (tertiary/aromatic N) is 1. The van der Waals surface area contributed by atoms with Gasteiger partial charge in [0.25, 0.3) is 11.8 Å². The van der Waals surface area contributed by atoms with Crippen LogP contribution in [0.1, 0.15) is 74.2 Å². The Balaban J connectivity index is 1.04. The van der Waals surface area contributed by atoms with Gasteiger partial charge >= 0.3 is 0 Å². The number of anilines is 1. The first kappa shape index (κ1) is 28.9. The Kier molecular flexibility index (Phi) is 6.89. The number of benzene rings is 5. The van der Waals surface area contributed by atoms with Crippen LogP contribution in [0, 0.1) is 0 Å². The van der Waals surface area contributed by atoms with Crippen molar-refractivity contribution in [2.75, 3.05) is 4.90 Å². The highest BCUT2D eigenvalue weighted by Gasteiger charge is 2.40. The van der Waals surface area contributed by atoms with Crippen molar-refractivity contribution >= 4 is 29.1 Å². The third-order valence-corrected chi connectivity index (χ3v) is 8.24. The summed E-state index contributed by atoms with van der Waals surface area (Å²) < 4.78 is 12.2. The highest BCUT2D eigenvalue weighted by atomic mass is 16.5. The molecule has 0 atom stereocenters. The maximum absolute atomic E-state index is 13.3. The van der Waals surface area contributed by atoms with Gasteiger partial charge in [0.15, 0.2) is 11.6 Å². The molecule has 0 bridgehead atoms. The van der Waals surface area contributed by atoms with Crippen LogP contribution in [0.3, 0.4) is 0 Å². The fourth-order valence-corrected chi connectivity index (χ4v) is 5.73. The number of carbonyl (C=O) groups excluding carboxylic acids is 4. The van der Waals surface area contributed by atoms with E-state index in [0.29, 0.717) is 17.2 Å². The number of carbonyl (C=O) groups is 4. The molecule has 7 heteroatoms. The first-order chi connectivity index (χ1) is 22.0. The summed E-state index contributed by atoms with van der Waals surface area (Å²) in [6, 6.07) is 33.0. The summed E-state index contributed by atoms with van der Waals surface area (Å²) in [7, 11) is 0. The van der Waals surface area contributed by atoms with Crippen molar-refractivity contribution in [1.29, 1.82) is 0 Å². The summed E-state index contributed by atoms with van der Waals surface area (Å²) in [5.74, 6) is 0.780. The SMILES string of the molecule is CC(C)(C)c1cccc(Oc2ccc(-c3ccc(Oc4cccc(N5C(=O)c6cc7c(cc6C5=O)C(=O)CC7=O)c4)cc3)cc2)c1. The zero-order valence-electron chi connectivity index (χ0n) is 25.5. The molecule has 2 amide bonds. The molecule has 7 nitrogen and oxygen atoms in total. The molecule has 1 aliphatic carbocycles. The molecule has 226 valence electrons. The summed E-state index contributed by atoms with van der Waals surface area (Å²) in [6.45, 7) is 6.52. The average Bonchev–Trinajstić information content (AvgIpc) is 3.46. The van der Waals surface area contributed by atoms with Gasteiger partial charge in [0, 0.05) is 17.2 Å². The number of rotatable bonds is 6. The second kappa shape index (κ2) is 11.0. The molecular weight excluding hydrogens is 578 g/mol. The van der Waals surface area contributed by atoms with Crippen molar-refractivity contribution in [1.82, 2.24) is 0 Å². The largest absolute Gasteiger partial charge is 0.457 e. The predicted molar refractivity (Wildman–Crippen MR) is 174 cm³/mol. The maximum atomic E-state index is 13.3. The van der Waals surface area contributed by atoms with Crippen LogP contribution in [-0.2, 0) is 5.41 Å². The van der Waals surface area contributed by atoms with E-state index in [9.17, 15) is 19.2 Å². The third kappa shape index (κ3) is 5.26. The third-order valence-electron chi connectivity index (χ3n) is 8.24. The minimum absolute atomic E-state index is 0.0354. The normalized spacial score (nSPS) is 14.0. The molecule has 0 radical (unpaired) electrons. The van der Waals surface area contributed by atoms with Gasteiger partial charge < -0.3 is 9.47 Å². The average molecular weight is 608 g/mol. The molecule has 5 aromatic carbocycles. The number of ether oxygens (including phenoxy) is 2. The van der Waals surface area contributed by atoms with Crippen molar-refractivity contribution in [3.63, 3.8) is 0 Å². The Labute approximate surface area is 266 Å². The summed E-state index contributed by atoms with van der Waals surface area (Å²) in [5, 5.41) is 0. The molecule has 5 aromatic rings. The summed E-state index contributed by atoms with van der Waals surface area (Å²) in [6.07, 6.45) is -0.237. The van der Waals surface area contributed by atoms with Gasteiger partial charge in [-0.05, 0) is 82.8 Å². The van der Waals surface area contributed by atoms with Gasteiger partial charge in [-0.15, -0.1) is 0 Å². The molecule has 0 spiro atoms. The van der Waals surface area contributed by atoms with E-state index < -0.39 is 11.8 Å². The number of imide groups is 1. The number of amides is 2. The number of ketones is 2. The number of Topliss-reactive ketones (excluding diaryl/α,β-unsaturated/α-hetero) is 2. The van der Waals surface area contributed by atoms with Gasteiger partial charge in [0.05, 0.1) is 23.2 Å². The molecule has 0 saturated heterocycles. The minimum Gasteiger partial charge on any atom is -0.457 e. The monoisotopic (exact) mass is 607 g/mol. The second-order valence-corrected chi connectivity index (χ2v) is 12.4.